The fourth-order valence-corrected chi connectivity index (χ4v) is 1.53. The first-order valence-electron chi connectivity index (χ1n) is 5.68. The smallest absolute Gasteiger partial charge is 0.260 e. The van der Waals surface area contributed by atoms with Gasteiger partial charge in [0.2, 0.25) is 0 Å². The first kappa shape index (κ1) is 11.7. The summed E-state index contributed by atoms with van der Waals surface area (Å²) in [4.78, 5) is 17.8. The highest BCUT2D eigenvalue weighted by Gasteiger charge is 2.27. The maximum atomic E-state index is 12.1. The molecule has 1 amide bonds. The van der Waals surface area contributed by atoms with Crippen LogP contribution < -0.4 is 10.1 Å². The number of hydrogen-bond donors (Lipinski definition) is 1. The maximum Gasteiger partial charge on any atom is 0.260 e. The fourth-order valence-electron chi connectivity index (χ4n) is 1.53. The van der Waals surface area contributed by atoms with Gasteiger partial charge in [0.05, 0.1) is 6.10 Å². The minimum atomic E-state index is -0.0990. The summed E-state index contributed by atoms with van der Waals surface area (Å²) >= 11 is 0. The number of pyridine rings is 1. The second-order valence-corrected chi connectivity index (χ2v) is 4.30. The van der Waals surface area contributed by atoms with Gasteiger partial charge in [-0.05, 0) is 18.9 Å². The third-order valence-corrected chi connectivity index (χ3v) is 2.59. The average Bonchev–Trinajstić information content (AvgIpc) is 3.11. The summed E-state index contributed by atoms with van der Waals surface area (Å²) in [6, 6.07) is 1.75. The van der Waals surface area contributed by atoms with Crippen LogP contribution in [0.2, 0.25) is 0 Å². The summed E-state index contributed by atoms with van der Waals surface area (Å²) in [7, 11) is 5.18. The molecule has 0 aromatic carbocycles. The second-order valence-electron chi connectivity index (χ2n) is 4.30. The fraction of sp³-hybridized carbons (Fsp3) is 0.500. The van der Waals surface area contributed by atoms with Gasteiger partial charge in [-0.2, -0.15) is 0 Å². The van der Waals surface area contributed by atoms with Gasteiger partial charge in [-0.25, -0.2) is 4.98 Å². The van der Waals surface area contributed by atoms with Crippen LogP contribution >= 0.6 is 0 Å². The highest BCUT2D eigenvalue weighted by molar-refractivity contribution is 6.01. The molecule has 1 fully saturated rings. The zero-order chi connectivity index (χ0) is 12.4. The lowest BCUT2D eigenvalue weighted by molar-refractivity contribution is 0.0823. The number of anilines is 1. The van der Waals surface area contributed by atoms with Crippen molar-refractivity contribution >= 4 is 11.7 Å². The quantitative estimate of drug-likeness (QED) is 0.856. The highest BCUT2D eigenvalue weighted by Crippen LogP contribution is 2.32. The van der Waals surface area contributed by atoms with Crippen LogP contribution in [0.15, 0.2) is 12.3 Å². The number of hydrogen-bond acceptors (Lipinski definition) is 4. The molecule has 1 aliphatic carbocycles. The maximum absolute atomic E-state index is 12.1. The number of aromatic nitrogens is 1. The molecular weight excluding hydrogens is 218 g/mol. The van der Waals surface area contributed by atoms with E-state index in [1.165, 1.54) is 4.90 Å². The highest BCUT2D eigenvalue weighted by atomic mass is 16.5. The summed E-state index contributed by atoms with van der Waals surface area (Å²) in [6.07, 6.45) is 4.03. The van der Waals surface area contributed by atoms with Crippen LogP contribution in [-0.4, -0.2) is 43.0 Å². The molecule has 0 bridgehead atoms. The molecule has 2 rings (SSSR count). The molecule has 5 nitrogen and oxygen atoms in total. The number of ether oxygens (including phenoxy) is 1. The second kappa shape index (κ2) is 4.61. The Bertz CT molecular complexity index is 428. The van der Waals surface area contributed by atoms with Gasteiger partial charge in [0.25, 0.3) is 5.91 Å². The van der Waals surface area contributed by atoms with Crippen molar-refractivity contribution in [3.05, 3.63) is 17.8 Å². The lowest BCUT2D eigenvalue weighted by Gasteiger charge is -2.17. The normalized spacial score (nSPS) is 14.3. The van der Waals surface area contributed by atoms with E-state index in [0.29, 0.717) is 17.1 Å². The molecule has 1 N–H and O–H groups in total. The number of rotatable bonds is 4. The Hall–Kier alpha value is -1.78. The van der Waals surface area contributed by atoms with E-state index in [0.717, 1.165) is 12.8 Å². The van der Waals surface area contributed by atoms with Crippen molar-refractivity contribution in [3.63, 3.8) is 0 Å². The Labute approximate surface area is 101 Å². The van der Waals surface area contributed by atoms with E-state index < -0.39 is 0 Å². The van der Waals surface area contributed by atoms with Crippen molar-refractivity contribution in [2.75, 3.05) is 26.5 Å². The zero-order valence-electron chi connectivity index (χ0n) is 10.4. The molecule has 5 heteroatoms. The Balaban J connectivity index is 2.38. The predicted octanol–water partition coefficient (Wildman–Crippen LogP) is 1.37. The minimum Gasteiger partial charge on any atom is -0.489 e. The van der Waals surface area contributed by atoms with Crippen LogP contribution in [0.1, 0.15) is 23.2 Å². The van der Waals surface area contributed by atoms with Crippen molar-refractivity contribution in [1.82, 2.24) is 9.88 Å². The topological polar surface area (TPSA) is 54.5 Å². The zero-order valence-corrected chi connectivity index (χ0v) is 10.4. The van der Waals surface area contributed by atoms with Crippen LogP contribution in [0.3, 0.4) is 0 Å². The molecule has 0 aliphatic heterocycles. The number of carbonyl (C=O) groups excluding carboxylic acids is 1. The molecule has 1 heterocycles. The lowest BCUT2D eigenvalue weighted by atomic mass is 10.2. The van der Waals surface area contributed by atoms with E-state index in [2.05, 4.69) is 10.3 Å². The first-order valence-corrected chi connectivity index (χ1v) is 5.68. The summed E-state index contributed by atoms with van der Waals surface area (Å²) < 4.78 is 5.74. The third kappa shape index (κ3) is 2.49. The molecule has 0 saturated heterocycles. The van der Waals surface area contributed by atoms with Gasteiger partial charge in [0.1, 0.15) is 17.1 Å². The first-order chi connectivity index (χ1) is 8.13. The van der Waals surface area contributed by atoms with Gasteiger partial charge in [0.15, 0.2) is 0 Å². The van der Waals surface area contributed by atoms with E-state index in [1.54, 1.807) is 33.4 Å². The van der Waals surface area contributed by atoms with Crippen molar-refractivity contribution < 1.29 is 9.53 Å². The van der Waals surface area contributed by atoms with E-state index in [1.807, 2.05) is 0 Å². The van der Waals surface area contributed by atoms with Gasteiger partial charge in [0, 0.05) is 27.3 Å². The van der Waals surface area contributed by atoms with Crippen molar-refractivity contribution in [2.45, 2.75) is 18.9 Å². The van der Waals surface area contributed by atoms with Crippen LogP contribution in [0.25, 0.3) is 0 Å². The SMILES string of the molecule is CNc1nccc(OC2CC2)c1C(=O)N(C)C. The summed E-state index contributed by atoms with van der Waals surface area (Å²) in [5.41, 5.74) is 0.506. The lowest BCUT2D eigenvalue weighted by Crippen LogP contribution is -2.24. The summed E-state index contributed by atoms with van der Waals surface area (Å²) in [5, 5.41) is 2.93. The Morgan fingerprint density at radius 2 is 2.24 bits per heavy atom. The number of amides is 1. The molecule has 0 unspecified atom stereocenters. The Morgan fingerprint density at radius 3 is 2.76 bits per heavy atom. The third-order valence-electron chi connectivity index (χ3n) is 2.59. The molecular formula is C12H17N3O2. The van der Waals surface area contributed by atoms with Gasteiger partial charge in [-0.1, -0.05) is 0 Å². The van der Waals surface area contributed by atoms with Crippen LogP contribution in [-0.2, 0) is 0 Å². The minimum absolute atomic E-state index is 0.0990. The standard InChI is InChI=1S/C12H17N3O2/c1-13-11-10(12(16)15(2)3)9(6-7-14-11)17-8-4-5-8/h6-8H,4-5H2,1-3H3,(H,13,14). The van der Waals surface area contributed by atoms with Crippen molar-refractivity contribution in [2.24, 2.45) is 0 Å². The van der Waals surface area contributed by atoms with Gasteiger partial charge < -0.3 is 15.0 Å². The Morgan fingerprint density at radius 1 is 1.53 bits per heavy atom. The van der Waals surface area contributed by atoms with Gasteiger partial charge in [-0.3, -0.25) is 4.79 Å². The van der Waals surface area contributed by atoms with Crippen molar-refractivity contribution in [3.8, 4) is 5.75 Å². The van der Waals surface area contributed by atoms with Crippen LogP contribution in [0.4, 0.5) is 5.82 Å². The predicted molar refractivity (Wildman–Crippen MR) is 65.5 cm³/mol. The molecule has 0 spiro atoms. The summed E-state index contributed by atoms with van der Waals surface area (Å²) in [6.45, 7) is 0. The van der Waals surface area contributed by atoms with Gasteiger partial charge in [-0.15, -0.1) is 0 Å². The molecule has 1 aromatic heterocycles. The van der Waals surface area contributed by atoms with Crippen molar-refractivity contribution in [1.29, 1.82) is 0 Å². The van der Waals surface area contributed by atoms with Crippen LogP contribution in [0, 0.1) is 0 Å². The van der Waals surface area contributed by atoms with E-state index >= 15 is 0 Å². The largest absolute Gasteiger partial charge is 0.489 e. The molecule has 0 atom stereocenters. The van der Waals surface area contributed by atoms with E-state index in [-0.39, 0.29) is 12.0 Å². The summed E-state index contributed by atoms with van der Waals surface area (Å²) in [5.74, 6) is 1.07. The monoisotopic (exact) mass is 235 g/mol. The van der Waals surface area contributed by atoms with E-state index in [9.17, 15) is 4.79 Å². The number of carbonyl (C=O) groups is 1. The van der Waals surface area contributed by atoms with Gasteiger partial charge >= 0.3 is 0 Å². The average molecular weight is 235 g/mol. The number of nitrogens with zero attached hydrogens (tertiary/aromatic N) is 2. The molecule has 17 heavy (non-hydrogen) atoms. The molecule has 92 valence electrons. The van der Waals surface area contributed by atoms with Crippen LogP contribution in [0.5, 0.6) is 5.75 Å². The molecule has 1 aliphatic rings. The molecule has 0 radical (unpaired) electrons. The Kier molecular flexibility index (Phi) is 3.17. The molecule has 1 aromatic rings. The number of nitrogens with one attached hydrogen (secondary N) is 1. The molecule has 1 saturated carbocycles. The van der Waals surface area contributed by atoms with E-state index in [4.69, 9.17) is 4.74 Å².